The van der Waals surface area contributed by atoms with Crippen LogP contribution in [0.5, 0.6) is 0 Å². The van der Waals surface area contributed by atoms with Crippen molar-refractivity contribution < 1.29 is 27.9 Å². The van der Waals surface area contributed by atoms with Crippen molar-refractivity contribution in [2.24, 2.45) is 0 Å². The molecule has 4 aromatic rings. The van der Waals surface area contributed by atoms with Crippen LogP contribution in [0.25, 0.3) is 22.4 Å². The Morgan fingerprint density at radius 2 is 1.68 bits per heavy atom. The Hall–Kier alpha value is -4.34. The number of carbonyl (C=O) groups is 2. The lowest BCUT2D eigenvalue weighted by Crippen LogP contribution is -2.23. The van der Waals surface area contributed by atoms with Crippen LogP contribution in [0, 0.1) is 0 Å². The molecule has 4 rings (SSSR count). The van der Waals surface area contributed by atoms with Crippen molar-refractivity contribution in [3.8, 4) is 11.3 Å². The van der Waals surface area contributed by atoms with Crippen molar-refractivity contribution in [2.45, 2.75) is 38.4 Å². The van der Waals surface area contributed by atoms with Gasteiger partial charge >= 0.3 is 12.1 Å². The van der Waals surface area contributed by atoms with Gasteiger partial charge in [-0.05, 0) is 43.0 Å². The molecule has 0 aliphatic carbocycles. The molecule has 0 radical (unpaired) electrons. The number of unbranched alkanes of at least 4 members (excludes halogenated alkanes) is 1. The quantitative estimate of drug-likeness (QED) is 0.292. The number of amides is 1. The van der Waals surface area contributed by atoms with Crippen LogP contribution in [-0.4, -0.2) is 31.9 Å². The standard InChI is InChI=1S/C27H23F3N4O3/c28-27(29,30)20-12-10-17(11-13-20)15-32-26(37)19-14-22-25(31-16-19)34-24(18-6-2-1-3-7-18)21(33-22)8-4-5-9-23(35)36/h1-3,6-7,10-14,16H,4-5,8-9,15H2,(H,32,37)(H,35,36). The van der Waals surface area contributed by atoms with Gasteiger partial charge < -0.3 is 10.4 Å². The zero-order valence-corrected chi connectivity index (χ0v) is 19.6. The summed E-state index contributed by atoms with van der Waals surface area (Å²) in [7, 11) is 0. The molecule has 0 unspecified atom stereocenters. The van der Waals surface area contributed by atoms with Gasteiger partial charge in [0.05, 0.1) is 22.5 Å². The van der Waals surface area contributed by atoms with Crippen molar-refractivity contribution in [3.05, 3.63) is 89.2 Å². The van der Waals surface area contributed by atoms with Crippen LogP contribution in [0.15, 0.2) is 66.9 Å². The van der Waals surface area contributed by atoms with Crippen molar-refractivity contribution >= 4 is 23.0 Å². The Morgan fingerprint density at radius 3 is 2.35 bits per heavy atom. The van der Waals surface area contributed by atoms with Crippen LogP contribution < -0.4 is 5.32 Å². The SMILES string of the molecule is O=C(O)CCCCc1nc2cc(C(=O)NCc3ccc(C(F)(F)F)cc3)cnc2nc1-c1ccccc1. The minimum Gasteiger partial charge on any atom is -0.481 e. The molecule has 190 valence electrons. The molecule has 7 nitrogen and oxygen atoms in total. The fraction of sp³-hybridized carbons (Fsp3) is 0.222. The number of carboxylic acid groups (broad SMARTS) is 1. The highest BCUT2D eigenvalue weighted by atomic mass is 19.4. The normalized spacial score (nSPS) is 11.4. The highest BCUT2D eigenvalue weighted by molar-refractivity contribution is 5.96. The van der Waals surface area contributed by atoms with Crippen LogP contribution >= 0.6 is 0 Å². The molecule has 2 heterocycles. The number of hydrogen-bond acceptors (Lipinski definition) is 5. The van der Waals surface area contributed by atoms with E-state index >= 15 is 0 Å². The molecular formula is C27H23F3N4O3. The maximum Gasteiger partial charge on any atom is 0.416 e. The van der Waals surface area contributed by atoms with Gasteiger partial charge in [-0.15, -0.1) is 0 Å². The molecule has 2 aromatic heterocycles. The first kappa shape index (κ1) is 25.7. The summed E-state index contributed by atoms with van der Waals surface area (Å²) in [5.74, 6) is -1.31. The summed E-state index contributed by atoms with van der Waals surface area (Å²) in [5.41, 5.74) is 2.94. The lowest BCUT2D eigenvalue weighted by atomic mass is 10.0. The third-order valence-corrected chi connectivity index (χ3v) is 5.69. The summed E-state index contributed by atoms with van der Waals surface area (Å²) < 4.78 is 38.2. The van der Waals surface area contributed by atoms with E-state index in [1.54, 1.807) is 6.07 Å². The van der Waals surface area contributed by atoms with Gasteiger partial charge in [-0.1, -0.05) is 42.5 Å². The van der Waals surface area contributed by atoms with Crippen molar-refractivity contribution in [1.82, 2.24) is 20.3 Å². The summed E-state index contributed by atoms with van der Waals surface area (Å²) in [4.78, 5) is 37.2. The van der Waals surface area contributed by atoms with E-state index in [1.807, 2.05) is 30.3 Å². The number of aryl methyl sites for hydroxylation is 1. The topological polar surface area (TPSA) is 105 Å². The van der Waals surface area contributed by atoms with Crippen molar-refractivity contribution in [1.29, 1.82) is 0 Å². The summed E-state index contributed by atoms with van der Waals surface area (Å²) in [6, 6.07) is 15.6. The van der Waals surface area contributed by atoms with Crippen LogP contribution in [0.2, 0.25) is 0 Å². The van der Waals surface area contributed by atoms with Gasteiger partial charge in [-0.3, -0.25) is 9.59 Å². The van der Waals surface area contributed by atoms with E-state index in [9.17, 15) is 22.8 Å². The number of aromatic nitrogens is 3. The number of hydrogen-bond donors (Lipinski definition) is 2. The molecule has 10 heteroatoms. The number of halogens is 3. The third kappa shape index (κ3) is 6.66. The second-order valence-electron chi connectivity index (χ2n) is 8.43. The average molecular weight is 509 g/mol. The first-order valence-corrected chi connectivity index (χ1v) is 11.6. The van der Waals surface area contributed by atoms with Gasteiger partial charge in [0, 0.05) is 24.7 Å². The zero-order chi connectivity index (χ0) is 26.4. The number of nitrogens with zero attached hydrogens (tertiary/aromatic N) is 3. The van der Waals surface area contributed by atoms with Crippen molar-refractivity contribution in [2.75, 3.05) is 0 Å². The fourth-order valence-electron chi connectivity index (χ4n) is 3.77. The maximum atomic E-state index is 12.7. The van der Waals surface area contributed by atoms with E-state index in [0.717, 1.165) is 17.7 Å². The molecule has 0 spiro atoms. The number of aliphatic carboxylic acids is 1. The molecule has 37 heavy (non-hydrogen) atoms. The molecule has 0 aliphatic rings. The van der Waals surface area contributed by atoms with Gasteiger partial charge in [0.15, 0.2) is 5.65 Å². The first-order valence-electron chi connectivity index (χ1n) is 11.6. The second kappa shape index (κ2) is 11.2. The maximum absolute atomic E-state index is 12.7. The monoisotopic (exact) mass is 508 g/mol. The molecule has 0 fully saturated rings. The Balaban J connectivity index is 1.54. The van der Waals surface area contributed by atoms with E-state index in [-0.39, 0.29) is 18.5 Å². The smallest absolute Gasteiger partial charge is 0.416 e. The number of benzene rings is 2. The Morgan fingerprint density at radius 1 is 0.946 bits per heavy atom. The Labute approximate surface area is 210 Å². The third-order valence-electron chi connectivity index (χ3n) is 5.69. The number of fused-ring (bicyclic) bond motifs is 1. The molecule has 0 saturated carbocycles. The molecule has 2 aromatic carbocycles. The first-order chi connectivity index (χ1) is 17.7. The average Bonchev–Trinajstić information content (AvgIpc) is 2.89. The number of rotatable bonds is 9. The van der Waals surface area contributed by atoms with Crippen LogP contribution in [0.4, 0.5) is 13.2 Å². The van der Waals surface area contributed by atoms with Gasteiger partial charge in [0.2, 0.25) is 0 Å². The largest absolute Gasteiger partial charge is 0.481 e. The highest BCUT2D eigenvalue weighted by Gasteiger charge is 2.29. The van der Waals surface area contributed by atoms with E-state index in [2.05, 4.69) is 15.3 Å². The van der Waals surface area contributed by atoms with Crippen molar-refractivity contribution in [3.63, 3.8) is 0 Å². The lowest BCUT2D eigenvalue weighted by Gasteiger charge is -2.11. The molecule has 2 N–H and O–H groups in total. The number of carbonyl (C=O) groups excluding carboxylic acids is 1. The predicted molar refractivity (Wildman–Crippen MR) is 131 cm³/mol. The Kier molecular flexibility index (Phi) is 7.76. The summed E-state index contributed by atoms with van der Waals surface area (Å²) in [6.45, 7) is 0.0441. The van der Waals surface area contributed by atoms with Crippen LogP contribution in [0.1, 0.15) is 46.4 Å². The minimum absolute atomic E-state index is 0.0441. The van der Waals surface area contributed by atoms with E-state index in [1.165, 1.54) is 18.3 Å². The summed E-state index contributed by atoms with van der Waals surface area (Å²) in [5, 5.41) is 11.6. The summed E-state index contributed by atoms with van der Waals surface area (Å²) in [6.07, 6.45) is -1.38. The van der Waals surface area contributed by atoms with Crippen LogP contribution in [-0.2, 0) is 23.9 Å². The van der Waals surface area contributed by atoms with E-state index in [4.69, 9.17) is 10.1 Å². The molecule has 0 saturated heterocycles. The molecule has 1 amide bonds. The van der Waals surface area contributed by atoms with Gasteiger partial charge in [-0.25, -0.2) is 15.0 Å². The molecule has 0 atom stereocenters. The number of carboxylic acids is 1. The Bertz CT molecular complexity index is 1410. The van der Waals surface area contributed by atoms with Gasteiger partial charge in [-0.2, -0.15) is 13.2 Å². The highest BCUT2D eigenvalue weighted by Crippen LogP contribution is 2.29. The van der Waals surface area contributed by atoms with Gasteiger partial charge in [0.1, 0.15) is 5.52 Å². The molecule has 0 bridgehead atoms. The summed E-state index contributed by atoms with van der Waals surface area (Å²) >= 11 is 0. The van der Waals surface area contributed by atoms with Crippen LogP contribution in [0.3, 0.4) is 0 Å². The molecular weight excluding hydrogens is 485 g/mol. The number of nitrogens with one attached hydrogen (secondary N) is 1. The minimum atomic E-state index is -4.42. The molecule has 0 aliphatic heterocycles. The van der Waals surface area contributed by atoms with Gasteiger partial charge in [0.25, 0.3) is 5.91 Å². The number of alkyl halides is 3. The second-order valence-corrected chi connectivity index (χ2v) is 8.43. The lowest BCUT2D eigenvalue weighted by molar-refractivity contribution is -0.138. The predicted octanol–water partition coefficient (Wildman–Crippen LogP) is 5.44. The fourth-order valence-corrected chi connectivity index (χ4v) is 3.77. The van der Waals surface area contributed by atoms with E-state index in [0.29, 0.717) is 47.4 Å². The van der Waals surface area contributed by atoms with E-state index < -0.39 is 23.6 Å². The zero-order valence-electron chi connectivity index (χ0n) is 19.6. The number of pyridine rings is 1.